The van der Waals surface area contributed by atoms with Gasteiger partial charge in [-0.25, -0.2) is 8.42 Å². The van der Waals surface area contributed by atoms with Gasteiger partial charge in [-0.3, -0.25) is 9.59 Å². The fourth-order valence-corrected chi connectivity index (χ4v) is 4.56. The molecule has 0 spiro atoms. The van der Waals surface area contributed by atoms with Gasteiger partial charge in [-0.05, 0) is 24.3 Å². The van der Waals surface area contributed by atoms with E-state index in [2.05, 4.69) is 10.2 Å². The largest absolute Gasteiger partial charge is 0.480 e. The van der Waals surface area contributed by atoms with Gasteiger partial charge in [0, 0.05) is 19.6 Å². The molecule has 0 radical (unpaired) electrons. The number of carboxylic acids is 1. The Bertz CT molecular complexity index is 1020. The first kappa shape index (κ1) is 21.7. The summed E-state index contributed by atoms with van der Waals surface area (Å²) in [6.07, 6.45) is -2.03. The van der Waals surface area contributed by atoms with Gasteiger partial charge in [0.15, 0.2) is 0 Å². The Hall–Kier alpha value is -3.00. The molecule has 162 valence electrons. The normalized spacial score (nSPS) is 18.4. The van der Waals surface area contributed by atoms with Crippen molar-refractivity contribution in [2.75, 3.05) is 19.6 Å². The maximum atomic E-state index is 12.9. The summed E-state index contributed by atoms with van der Waals surface area (Å²) in [7, 11) is -4.40. The van der Waals surface area contributed by atoms with Gasteiger partial charge in [0.1, 0.15) is 25.2 Å². The van der Waals surface area contributed by atoms with Crippen LogP contribution in [0.15, 0.2) is 41.8 Å². The van der Waals surface area contributed by atoms with Gasteiger partial charge in [0.05, 0.1) is 10.5 Å². The van der Waals surface area contributed by atoms with Crippen LogP contribution in [0.2, 0.25) is 0 Å². The number of halogens is 3. The summed E-state index contributed by atoms with van der Waals surface area (Å²) in [6, 6.07) is 1.20. The molecule has 1 aromatic heterocycles. The zero-order valence-corrected chi connectivity index (χ0v) is 16.0. The van der Waals surface area contributed by atoms with E-state index in [0.717, 1.165) is 12.1 Å². The van der Waals surface area contributed by atoms with E-state index in [1.807, 2.05) is 0 Å². The van der Waals surface area contributed by atoms with Crippen LogP contribution in [0.4, 0.5) is 13.2 Å². The number of hydrogen-bond donors (Lipinski definition) is 1. The molecule has 0 saturated carbocycles. The Morgan fingerprint density at radius 2 is 1.70 bits per heavy atom. The predicted octanol–water partition coefficient (Wildman–Crippen LogP) is 0.283. The summed E-state index contributed by atoms with van der Waals surface area (Å²) in [4.78, 5) is 24.8. The SMILES string of the molecule is O=C(O)[C@H]1CN(C(=O)Cn2cnnc2)CCN1S(=O)(=O)c1ccc(C(F)(F)F)cc1. The van der Waals surface area contributed by atoms with Crippen LogP contribution in [0.1, 0.15) is 5.56 Å². The van der Waals surface area contributed by atoms with Gasteiger partial charge in [0.25, 0.3) is 0 Å². The Labute approximate surface area is 168 Å². The summed E-state index contributed by atoms with van der Waals surface area (Å²) >= 11 is 0. The molecule has 0 aliphatic carbocycles. The van der Waals surface area contributed by atoms with E-state index >= 15 is 0 Å². The van der Waals surface area contributed by atoms with Crippen molar-refractivity contribution in [1.29, 1.82) is 0 Å². The van der Waals surface area contributed by atoms with Crippen LogP contribution in [0.5, 0.6) is 0 Å². The summed E-state index contributed by atoms with van der Waals surface area (Å²) in [5, 5.41) is 16.6. The smallest absolute Gasteiger partial charge is 0.416 e. The molecule has 14 heteroatoms. The Morgan fingerprint density at radius 3 is 2.23 bits per heavy atom. The molecule has 2 aromatic rings. The van der Waals surface area contributed by atoms with Crippen molar-refractivity contribution in [2.45, 2.75) is 23.7 Å². The number of carboxylic acid groups (broad SMARTS) is 1. The minimum absolute atomic E-state index is 0.0788. The highest BCUT2D eigenvalue weighted by atomic mass is 32.2. The first-order chi connectivity index (χ1) is 14.0. The van der Waals surface area contributed by atoms with E-state index in [4.69, 9.17) is 0 Å². The Morgan fingerprint density at radius 1 is 1.10 bits per heavy atom. The van der Waals surface area contributed by atoms with Crippen LogP contribution in [-0.4, -0.2) is 75.0 Å². The lowest BCUT2D eigenvalue weighted by atomic mass is 10.2. The number of sulfonamides is 1. The first-order valence-electron chi connectivity index (χ1n) is 8.52. The molecule has 0 bridgehead atoms. The highest BCUT2D eigenvalue weighted by Crippen LogP contribution is 2.30. The number of alkyl halides is 3. The number of nitrogens with zero attached hydrogens (tertiary/aromatic N) is 5. The molecule has 1 aliphatic rings. The maximum absolute atomic E-state index is 12.9. The molecule has 10 nitrogen and oxygen atoms in total. The third-order valence-electron chi connectivity index (χ3n) is 4.54. The number of carbonyl (C=O) groups excluding carboxylic acids is 1. The summed E-state index contributed by atoms with van der Waals surface area (Å²) < 4.78 is 65.9. The van der Waals surface area contributed by atoms with Crippen LogP contribution in [0.25, 0.3) is 0 Å². The van der Waals surface area contributed by atoms with Crippen molar-refractivity contribution in [3.05, 3.63) is 42.5 Å². The molecular formula is C16H16F3N5O5S. The van der Waals surface area contributed by atoms with Crippen molar-refractivity contribution in [3.8, 4) is 0 Å². The van der Waals surface area contributed by atoms with E-state index in [1.165, 1.54) is 22.1 Å². The Balaban J connectivity index is 1.79. The molecule has 1 saturated heterocycles. The molecule has 2 heterocycles. The van der Waals surface area contributed by atoms with Gasteiger partial charge in [-0.2, -0.15) is 17.5 Å². The van der Waals surface area contributed by atoms with Crippen LogP contribution in [0.3, 0.4) is 0 Å². The van der Waals surface area contributed by atoms with Crippen LogP contribution >= 0.6 is 0 Å². The number of carbonyl (C=O) groups is 2. The van der Waals surface area contributed by atoms with Gasteiger partial charge >= 0.3 is 12.1 Å². The van der Waals surface area contributed by atoms with Gasteiger partial charge < -0.3 is 14.6 Å². The quantitative estimate of drug-likeness (QED) is 0.698. The zero-order valence-electron chi connectivity index (χ0n) is 15.2. The minimum atomic E-state index is -4.64. The summed E-state index contributed by atoms with van der Waals surface area (Å²) in [5.74, 6) is -1.93. The predicted molar refractivity (Wildman–Crippen MR) is 93.4 cm³/mol. The molecule has 1 aromatic carbocycles. The van der Waals surface area contributed by atoms with Crippen LogP contribution in [-0.2, 0) is 32.3 Å². The van der Waals surface area contributed by atoms with E-state index in [9.17, 15) is 36.3 Å². The third-order valence-corrected chi connectivity index (χ3v) is 6.46. The number of amides is 1. The van der Waals surface area contributed by atoms with Gasteiger partial charge in [0.2, 0.25) is 15.9 Å². The van der Waals surface area contributed by atoms with Gasteiger partial charge in [-0.1, -0.05) is 0 Å². The third kappa shape index (κ3) is 4.43. The van der Waals surface area contributed by atoms with Crippen molar-refractivity contribution in [3.63, 3.8) is 0 Å². The highest BCUT2D eigenvalue weighted by molar-refractivity contribution is 7.89. The highest BCUT2D eigenvalue weighted by Gasteiger charge is 2.41. The molecule has 1 amide bonds. The lowest BCUT2D eigenvalue weighted by Crippen LogP contribution is -2.59. The van der Waals surface area contributed by atoms with E-state index in [-0.39, 0.29) is 19.6 Å². The standard InChI is InChI=1S/C16H16F3N5O5S/c17-16(18,19)11-1-3-12(4-2-11)30(28,29)24-6-5-23(7-13(24)15(26)27)14(25)8-22-9-20-21-10-22/h1-4,9-10,13H,5-8H2,(H,26,27)/t13-/m1/s1. The molecular weight excluding hydrogens is 431 g/mol. The topological polar surface area (TPSA) is 126 Å². The number of aromatic nitrogens is 3. The monoisotopic (exact) mass is 447 g/mol. The molecule has 1 atom stereocenters. The van der Waals surface area contributed by atoms with Gasteiger partial charge in [-0.15, -0.1) is 10.2 Å². The average molecular weight is 447 g/mol. The number of hydrogen-bond acceptors (Lipinski definition) is 6. The molecule has 1 aliphatic heterocycles. The molecule has 3 rings (SSSR count). The molecule has 1 N–H and O–H groups in total. The molecule has 0 unspecified atom stereocenters. The van der Waals surface area contributed by atoms with E-state index in [1.54, 1.807) is 0 Å². The molecule has 30 heavy (non-hydrogen) atoms. The minimum Gasteiger partial charge on any atom is -0.480 e. The second-order valence-corrected chi connectivity index (χ2v) is 8.36. The second kappa shape index (κ2) is 8.02. The lowest BCUT2D eigenvalue weighted by Gasteiger charge is -2.38. The average Bonchev–Trinajstić information content (AvgIpc) is 3.20. The zero-order chi connectivity index (χ0) is 22.1. The van der Waals surface area contributed by atoms with E-state index in [0.29, 0.717) is 16.4 Å². The van der Waals surface area contributed by atoms with Crippen LogP contribution < -0.4 is 0 Å². The summed E-state index contributed by atoms with van der Waals surface area (Å²) in [6.45, 7) is -0.958. The Kier molecular flexibility index (Phi) is 5.81. The number of aliphatic carboxylic acids is 1. The van der Waals surface area contributed by atoms with E-state index < -0.39 is 51.1 Å². The fourth-order valence-electron chi connectivity index (χ4n) is 2.99. The van der Waals surface area contributed by atoms with Crippen molar-refractivity contribution in [1.82, 2.24) is 24.0 Å². The summed E-state index contributed by atoms with van der Waals surface area (Å²) in [5.41, 5.74) is -1.03. The second-order valence-electron chi connectivity index (χ2n) is 6.47. The lowest BCUT2D eigenvalue weighted by molar-refractivity contribution is -0.146. The number of rotatable bonds is 5. The number of piperazine rings is 1. The van der Waals surface area contributed by atoms with Crippen molar-refractivity contribution < 1.29 is 36.3 Å². The molecule has 1 fully saturated rings. The number of benzene rings is 1. The van der Waals surface area contributed by atoms with Crippen molar-refractivity contribution in [2.24, 2.45) is 0 Å². The van der Waals surface area contributed by atoms with Crippen molar-refractivity contribution >= 4 is 21.9 Å². The maximum Gasteiger partial charge on any atom is 0.416 e. The first-order valence-corrected chi connectivity index (χ1v) is 9.96. The fraction of sp³-hybridized carbons (Fsp3) is 0.375. The van der Waals surface area contributed by atoms with Crippen LogP contribution in [0, 0.1) is 0 Å².